The first-order chi connectivity index (χ1) is 15.5. The molecule has 1 saturated carbocycles. The Balaban J connectivity index is 1.49. The summed E-state index contributed by atoms with van der Waals surface area (Å²) < 4.78 is 16.9. The number of nitrogens with zero attached hydrogens (tertiary/aromatic N) is 7. The number of nitrogens with one attached hydrogen (secondary N) is 1. The quantitative estimate of drug-likeness (QED) is 0.463. The number of hydrogen-bond donors (Lipinski definition) is 1. The molecule has 5 rings (SSSR count). The van der Waals surface area contributed by atoms with Crippen LogP contribution >= 0.6 is 11.6 Å². The molecule has 3 aromatic heterocycles. The number of imidazole rings is 1. The molecule has 1 aromatic carbocycles. The number of benzene rings is 1. The first-order valence-electron chi connectivity index (χ1n) is 10.3. The van der Waals surface area contributed by atoms with E-state index < -0.39 is 0 Å². The summed E-state index contributed by atoms with van der Waals surface area (Å²) in [4.78, 5) is 8.87. The third-order valence-electron chi connectivity index (χ3n) is 6.01. The van der Waals surface area contributed by atoms with E-state index in [1.165, 1.54) is 12.3 Å². The lowest BCUT2D eigenvalue weighted by molar-refractivity contribution is 0.492. The molecule has 164 valence electrons. The van der Waals surface area contributed by atoms with Crippen LogP contribution in [-0.2, 0) is 12.5 Å². The lowest BCUT2D eigenvalue weighted by atomic mass is 10.0. The molecule has 0 spiro atoms. The fourth-order valence-corrected chi connectivity index (χ4v) is 4.11. The van der Waals surface area contributed by atoms with E-state index in [-0.39, 0.29) is 17.3 Å². The molecule has 1 aliphatic carbocycles. The molecule has 0 saturated heterocycles. The molecule has 0 aliphatic heterocycles. The SMILES string of the molecule is Cc1c(Cl)cccc1-n1nnnc1C(NCC1(c2ccc(F)cn2)CC1)c1cn(C)cn1. The Bertz CT molecular complexity index is 1250. The first-order valence-corrected chi connectivity index (χ1v) is 10.7. The summed E-state index contributed by atoms with van der Waals surface area (Å²) >= 11 is 6.34. The van der Waals surface area contributed by atoms with Gasteiger partial charge in [-0.1, -0.05) is 17.7 Å². The number of aryl methyl sites for hydroxylation is 1. The monoisotopic (exact) mass is 452 g/mol. The zero-order valence-electron chi connectivity index (χ0n) is 17.7. The molecular weight excluding hydrogens is 431 g/mol. The normalized spacial score (nSPS) is 15.6. The van der Waals surface area contributed by atoms with Crippen molar-refractivity contribution in [3.05, 3.63) is 82.7 Å². The van der Waals surface area contributed by atoms with Gasteiger partial charge in [-0.05, 0) is 60.0 Å². The van der Waals surface area contributed by atoms with Crippen LogP contribution in [0.5, 0.6) is 0 Å². The molecule has 10 heteroatoms. The predicted octanol–water partition coefficient (Wildman–Crippen LogP) is 3.30. The number of halogens is 2. The Kier molecular flexibility index (Phi) is 5.22. The predicted molar refractivity (Wildman–Crippen MR) is 117 cm³/mol. The van der Waals surface area contributed by atoms with Gasteiger partial charge < -0.3 is 9.88 Å². The van der Waals surface area contributed by atoms with Crippen molar-refractivity contribution in [3.8, 4) is 5.69 Å². The highest BCUT2D eigenvalue weighted by Crippen LogP contribution is 2.47. The maximum Gasteiger partial charge on any atom is 0.179 e. The molecule has 0 radical (unpaired) electrons. The molecule has 0 bridgehead atoms. The largest absolute Gasteiger partial charge is 0.340 e. The minimum absolute atomic E-state index is 0.134. The van der Waals surface area contributed by atoms with Crippen molar-refractivity contribution < 1.29 is 4.39 Å². The summed E-state index contributed by atoms with van der Waals surface area (Å²) in [7, 11) is 1.92. The third kappa shape index (κ3) is 3.78. The molecule has 1 unspecified atom stereocenters. The second-order valence-corrected chi connectivity index (χ2v) is 8.66. The van der Waals surface area contributed by atoms with Crippen molar-refractivity contribution in [3.63, 3.8) is 0 Å². The topological polar surface area (TPSA) is 86.3 Å². The van der Waals surface area contributed by atoms with Crippen LogP contribution in [0, 0.1) is 12.7 Å². The van der Waals surface area contributed by atoms with Gasteiger partial charge in [-0.3, -0.25) is 4.98 Å². The van der Waals surface area contributed by atoms with Crippen LogP contribution in [0.2, 0.25) is 5.02 Å². The minimum Gasteiger partial charge on any atom is -0.340 e. The van der Waals surface area contributed by atoms with Crippen LogP contribution in [0.25, 0.3) is 5.69 Å². The van der Waals surface area contributed by atoms with Crippen molar-refractivity contribution >= 4 is 11.6 Å². The van der Waals surface area contributed by atoms with Gasteiger partial charge in [0.15, 0.2) is 5.82 Å². The lowest BCUT2D eigenvalue weighted by Gasteiger charge is -2.21. The summed E-state index contributed by atoms with van der Waals surface area (Å²) in [6.45, 7) is 2.57. The van der Waals surface area contributed by atoms with Gasteiger partial charge in [0, 0.05) is 35.9 Å². The highest BCUT2D eigenvalue weighted by Gasteiger charge is 2.46. The van der Waals surface area contributed by atoms with E-state index in [1.807, 2.05) is 42.9 Å². The highest BCUT2D eigenvalue weighted by molar-refractivity contribution is 6.31. The molecule has 3 heterocycles. The van der Waals surface area contributed by atoms with E-state index in [4.69, 9.17) is 11.6 Å². The second-order valence-electron chi connectivity index (χ2n) is 8.25. The van der Waals surface area contributed by atoms with Gasteiger partial charge in [0.1, 0.15) is 11.9 Å². The third-order valence-corrected chi connectivity index (χ3v) is 6.42. The molecule has 0 amide bonds. The second kappa shape index (κ2) is 8.07. The zero-order chi connectivity index (χ0) is 22.3. The fourth-order valence-electron chi connectivity index (χ4n) is 3.94. The average Bonchev–Trinajstić information content (AvgIpc) is 3.20. The Hall–Kier alpha value is -3.17. The zero-order valence-corrected chi connectivity index (χ0v) is 18.5. The molecular formula is C22H22ClFN8. The minimum atomic E-state index is -0.359. The maximum atomic E-state index is 13.4. The Labute approximate surface area is 189 Å². The van der Waals surface area contributed by atoms with Crippen LogP contribution < -0.4 is 5.32 Å². The molecule has 8 nitrogen and oxygen atoms in total. The van der Waals surface area contributed by atoms with Crippen LogP contribution in [-0.4, -0.2) is 41.3 Å². The molecule has 1 atom stereocenters. The average molecular weight is 453 g/mol. The summed E-state index contributed by atoms with van der Waals surface area (Å²) in [5, 5.41) is 16.8. The maximum absolute atomic E-state index is 13.4. The molecule has 4 aromatic rings. The van der Waals surface area contributed by atoms with Crippen LogP contribution in [0.15, 0.2) is 49.1 Å². The van der Waals surface area contributed by atoms with E-state index in [0.717, 1.165) is 35.5 Å². The van der Waals surface area contributed by atoms with Crippen molar-refractivity contribution in [2.45, 2.75) is 31.2 Å². The van der Waals surface area contributed by atoms with Gasteiger partial charge in [-0.15, -0.1) is 5.10 Å². The highest BCUT2D eigenvalue weighted by atomic mass is 35.5. The lowest BCUT2D eigenvalue weighted by Crippen LogP contribution is -2.33. The van der Waals surface area contributed by atoms with Gasteiger partial charge in [0.05, 0.1) is 23.9 Å². The van der Waals surface area contributed by atoms with Crippen molar-refractivity contribution in [1.29, 1.82) is 0 Å². The molecule has 1 N–H and O–H groups in total. The molecule has 1 aliphatic rings. The van der Waals surface area contributed by atoms with Crippen LogP contribution in [0.4, 0.5) is 4.39 Å². The van der Waals surface area contributed by atoms with E-state index in [9.17, 15) is 4.39 Å². The van der Waals surface area contributed by atoms with E-state index in [0.29, 0.717) is 17.4 Å². The van der Waals surface area contributed by atoms with Crippen molar-refractivity contribution in [2.24, 2.45) is 7.05 Å². The van der Waals surface area contributed by atoms with Crippen molar-refractivity contribution in [2.75, 3.05) is 6.54 Å². The number of hydrogen-bond acceptors (Lipinski definition) is 6. The molecule has 1 fully saturated rings. The van der Waals surface area contributed by atoms with Gasteiger partial charge in [-0.2, -0.15) is 4.68 Å². The number of rotatable bonds is 7. The summed E-state index contributed by atoms with van der Waals surface area (Å²) in [5.41, 5.74) is 3.24. The Morgan fingerprint density at radius 2 is 2.06 bits per heavy atom. The summed E-state index contributed by atoms with van der Waals surface area (Å²) in [5.74, 6) is 0.275. The number of tetrazole rings is 1. The molecule has 32 heavy (non-hydrogen) atoms. The van der Waals surface area contributed by atoms with E-state index in [2.05, 4.69) is 30.8 Å². The summed E-state index contributed by atoms with van der Waals surface area (Å²) in [6, 6.07) is 8.51. The van der Waals surface area contributed by atoms with Gasteiger partial charge >= 0.3 is 0 Å². The number of pyridine rings is 1. The Morgan fingerprint density at radius 1 is 1.22 bits per heavy atom. The standard InChI is InChI=1S/C22H22ClFN8/c1-14-16(23)4-3-5-18(14)32-21(28-29-30-32)20(17-11-31(2)13-27-17)26-12-22(8-9-22)19-7-6-15(24)10-25-19/h3-7,10-11,13,20,26H,8-9,12H2,1-2H3. The van der Waals surface area contributed by atoms with Crippen LogP contribution in [0.1, 0.15) is 41.7 Å². The summed E-state index contributed by atoms with van der Waals surface area (Å²) in [6.07, 6.45) is 6.92. The van der Waals surface area contributed by atoms with Gasteiger partial charge in [-0.25, -0.2) is 9.37 Å². The van der Waals surface area contributed by atoms with Crippen LogP contribution in [0.3, 0.4) is 0 Å². The van der Waals surface area contributed by atoms with E-state index >= 15 is 0 Å². The smallest absolute Gasteiger partial charge is 0.179 e. The fraction of sp³-hybridized carbons (Fsp3) is 0.318. The van der Waals surface area contributed by atoms with Crippen molar-refractivity contribution in [1.82, 2.24) is 40.1 Å². The van der Waals surface area contributed by atoms with Gasteiger partial charge in [0.25, 0.3) is 0 Å². The Morgan fingerprint density at radius 3 is 2.75 bits per heavy atom. The number of aromatic nitrogens is 7. The first kappa shape index (κ1) is 20.7. The van der Waals surface area contributed by atoms with E-state index in [1.54, 1.807) is 17.1 Å². The van der Waals surface area contributed by atoms with Gasteiger partial charge in [0.2, 0.25) is 0 Å².